The Morgan fingerprint density at radius 2 is 1.76 bits per heavy atom. The van der Waals surface area contributed by atoms with Crippen molar-refractivity contribution in [2.75, 3.05) is 13.2 Å². The molecule has 0 unspecified atom stereocenters. The zero-order chi connectivity index (χ0) is 21.3. The maximum atomic E-state index is 12.4. The molecule has 4 aliphatic rings. The van der Waals surface area contributed by atoms with Crippen molar-refractivity contribution >= 4 is 0 Å². The van der Waals surface area contributed by atoms with Crippen molar-refractivity contribution in [2.45, 2.75) is 91.1 Å². The van der Waals surface area contributed by atoms with Gasteiger partial charge in [-0.15, -0.1) is 0 Å². The molecule has 1 aliphatic heterocycles. The third kappa shape index (κ3) is 2.86. The van der Waals surface area contributed by atoms with Crippen LogP contribution in [0.1, 0.15) is 73.6 Å². The Bertz CT molecular complexity index is 718. The second-order valence-electron chi connectivity index (χ2n) is 11.4. The number of hydrogen-bond acceptors (Lipinski definition) is 4. The van der Waals surface area contributed by atoms with E-state index < -0.39 is 11.4 Å². The van der Waals surface area contributed by atoms with Gasteiger partial charge >= 0.3 is 0 Å². The van der Waals surface area contributed by atoms with Crippen LogP contribution in [-0.4, -0.2) is 40.9 Å². The van der Waals surface area contributed by atoms with Crippen LogP contribution >= 0.6 is 0 Å². The van der Waals surface area contributed by atoms with Crippen molar-refractivity contribution in [3.63, 3.8) is 0 Å². The quantitative estimate of drug-likeness (QED) is 0.660. The van der Waals surface area contributed by atoms with E-state index in [9.17, 15) is 10.2 Å². The van der Waals surface area contributed by atoms with Crippen molar-refractivity contribution in [1.82, 2.24) is 0 Å². The number of aliphatic hydroxyl groups excluding tert-OH is 1. The summed E-state index contributed by atoms with van der Waals surface area (Å²) in [5.41, 5.74) is -0.365. The Labute approximate surface area is 176 Å². The van der Waals surface area contributed by atoms with Gasteiger partial charge in [-0.1, -0.05) is 52.8 Å². The lowest BCUT2D eigenvalue weighted by atomic mass is 9.43. The fourth-order valence-electron chi connectivity index (χ4n) is 7.25. The average molecular weight is 405 g/mol. The molecule has 1 saturated carbocycles. The first-order valence-electron chi connectivity index (χ1n) is 11.5. The number of fused-ring (bicyclic) bond motifs is 1. The number of aliphatic hydroxyl groups is 2. The first kappa shape index (κ1) is 21.5. The molecule has 29 heavy (non-hydrogen) atoms. The summed E-state index contributed by atoms with van der Waals surface area (Å²) in [4.78, 5) is 0. The lowest BCUT2D eigenvalue weighted by molar-refractivity contribution is -0.303. The molecular weight excluding hydrogens is 364 g/mol. The zero-order valence-corrected chi connectivity index (χ0v) is 19.1. The fourth-order valence-corrected chi connectivity index (χ4v) is 7.25. The molecule has 0 aromatic rings. The molecule has 164 valence electrons. The van der Waals surface area contributed by atoms with Crippen LogP contribution in [0.5, 0.6) is 0 Å². The summed E-state index contributed by atoms with van der Waals surface area (Å²) in [6, 6.07) is 0. The largest absolute Gasteiger partial charge is 0.389 e. The number of hydrogen-bond donors (Lipinski definition) is 2. The van der Waals surface area contributed by atoms with Crippen molar-refractivity contribution < 1.29 is 19.7 Å². The third-order valence-corrected chi connectivity index (χ3v) is 9.66. The van der Waals surface area contributed by atoms with E-state index in [-0.39, 0.29) is 28.3 Å². The molecule has 6 atom stereocenters. The predicted octanol–water partition coefficient (Wildman–Crippen LogP) is 4.61. The SMILES string of the molecule is CC1=CC[C@H]2C(C)(C)C3(CC[C@]2(C)[C@]1(O)C[C@@]1(C)C=C[C@H](O)C[C@@H]1C)OCCO3. The maximum Gasteiger partial charge on any atom is 0.173 e. The van der Waals surface area contributed by atoms with Gasteiger partial charge in [0.1, 0.15) is 0 Å². The van der Waals surface area contributed by atoms with Crippen LogP contribution in [0.2, 0.25) is 0 Å². The van der Waals surface area contributed by atoms with Gasteiger partial charge in [0, 0.05) is 17.3 Å². The normalized spacial score (nSPS) is 48.4. The Kier molecular flexibility index (Phi) is 4.95. The van der Waals surface area contributed by atoms with Gasteiger partial charge in [0.15, 0.2) is 5.79 Å². The molecule has 2 fully saturated rings. The molecule has 0 radical (unpaired) electrons. The van der Waals surface area contributed by atoms with Crippen LogP contribution in [0, 0.1) is 28.1 Å². The summed E-state index contributed by atoms with van der Waals surface area (Å²) in [5.74, 6) is 0.0591. The zero-order valence-electron chi connectivity index (χ0n) is 19.1. The molecule has 4 rings (SSSR count). The minimum Gasteiger partial charge on any atom is -0.389 e. The molecule has 1 spiro atoms. The monoisotopic (exact) mass is 404 g/mol. The smallest absolute Gasteiger partial charge is 0.173 e. The second kappa shape index (κ2) is 6.66. The van der Waals surface area contributed by atoms with Gasteiger partial charge < -0.3 is 19.7 Å². The summed E-state index contributed by atoms with van der Waals surface area (Å²) < 4.78 is 12.4. The Morgan fingerprint density at radius 1 is 1.10 bits per heavy atom. The van der Waals surface area contributed by atoms with Crippen molar-refractivity contribution in [3.8, 4) is 0 Å². The summed E-state index contributed by atoms with van der Waals surface area (Å²) >= 11 is 0. The van der Waals surface area contributed by atoms with Crippen LogP contribution in [-0.2, 0) is 9.47 Å². The molecule has 1 heterocycles. The number of ether oxygens (including phenoxy) is 2. The van der Waals surface area contributed by atoms with E-state index in [4.69, 9.17) is 9.47 Å². The highest BCUT2D eigenvalue weighted by Crippen LogP contribution is 2.67. The predicted molar refractivity (Wildman–Crippen MR) is 114 cm³/mol. The van der Waals surface area contributed by atoms with Crippen LogP contribution < -0.4 is 0 Å². The van der Waals surface area contributed by atoms with Crippen LogP contribution in [0.3, 0.4) is 0 Å². The van der Waals surface area contributed by atoms with Crippen molar-refractivity contribution in [3.05, 3.63) is 23.8 Å². The molecular formula is C25H40O4. The van der Waals surface area contributed by atoms with E-state index in [0.717, 1.165) is 31.3 Å². The van der Waals surface area contributed by atoms with Crippen LogP contribution in [0.25, 0.3) is 0 Å². The van der Waals surface area contributed by atoms with Gasteiger partial charge in [0.05, 0.1) is 24.9 Å². The molecule has 0 aromatic heterocycles. The van der Waals surface area contributed by atoms with E-state index >= 15 is 0 Å². The molecule has 3 aliphatic carbocycles. The van der Waals surface area contributed by atoms with E-state index in [0.29, 0.717) is 25.6 Å². The first-order valence-corrected chi connectivity index (χ1v) is 11.5. The van der Waals surface area contributed by atoms with Gasteiger partial charge in [-0.3, -0.25) is 0 Å². The lowest BCUT2D eigenvalue weighted by Gasteiger charge is -2.65. The molecule has 4 nitrogen and oxygen atoms in total. The summed E-state index contributed by atoms with van der Waals surface area (Å²) in [6.07, 6.45) is 10.1. The summed E-state index contributed by atoms with van der Waals surface area (Å²) in [5, 5.41) is 22.5. The highest BCUT2D eigenvalue weighted by molar-refractivity contribution is 5.30. The fraction of sp³-hybridized carbons (Fsp3) is 0.840. The van der Waals surface area contributed by atoms with Crippen LogP contribution in [0.4, 0.5) is 0 Å². The van der Waals surface area contributed by atoms with Gasteiger partial charge in [0.25, 0.3) is 0 Å². The van der Waals surface area contributed by atoms with Gasteiger partial charge in [-0.2, -0.15) is 0 Å². The highest BCUT2D eigenvalue weighted by Gasteiger charge is 2.68. The minimum atomic E-state index is -0.886. The molecule has 1 saturated heterocycles. The molecule has 0 aromatic carbocycles. The van der Waals surface area contributed by atoms with Crippen LogP contribution in [0.15, 0.2) is 23.8 Å². The molecule has 4 heteroatoms. The number of allylic oxidation sites excluding steroid dienone is 2. The average Bonchev–Trinajstić information content (AvgIpc) is 3.12. The highest BCUT2D eigenvalue weighted by atomic mass is 16.7. The maximum absolute atomic E-state index is 12.4. The first-order chi connectivity index (χ1) is 13.4. The Balaban J connectivity index is 1.74. The van der Waals surface area contributed by atoms with E-state index in [1.807, 2.05) is 6.08 Å². The molecule has 0 bridgehead atoms. The number of rotatable bonds is 2. The summed E-state index contributed by atoms with van der Waals surface area (Å²) in [7, 11) is 0. The van der Waals surface area contributed by atoms with E-state index in [1.165, 1.54) is 0 Å². The van der Waals surface area contributed by atoms with E-state index in [1.54, 1.807) is 0 Å². The minimum absolute atomic E-state index is 0.145. The Morgan fingerprint density at radius 3 is 2.38 bits per heavy atom. The molecule has 0 amide bonds. The third-order valence-electron chi connectivity index (χ3n) is 9.66. The van der Waals surface area contributed by atoms with Gasteiger partial charge in [-0.25, -0.2) is 0 Å². The van der Waals surface area contributed by atoms with Gasteiger partial charge in [0.2, 0.25) is 0 Å². The van der Waals surface area contributed by atoms with Gasteiger partial charge in [-0.05, 0) is 55.4 Å². The molecule has 2 N–H and O–H groups in total. The lowest BCUT2D eigenvalue weighted by Crippen LogP contribution is -2.66. The van der Waals surface area contributed by atoms with Crippen molar-refractivity contribution in [1.29, 1.82) is 0 Å². The topological polar surface area (TPSA) is 58.9 Å². The van der Waals surface area contributed by atoms with E-state index in [2.05, 4.69) is 53.7 Å². The summed E-state index contributed by atoms with van der Waals surface area (Å²) in [6.45, 7) is 14.7. The second-order valence-corrected chi connectivity index (χ2v) is 11.4. The Hall–Kier alpha value is -0.680. The standard InChI is InChI=1S/C25H40O4/c1-17-7-8-20-21(3,4)25(28-13-14-29-25)12-11-23(20,6)24(17,27)16-22(5)10-9-19(26)15-18(22)2/h7,9-10,18-20,26-27H,8,11-16H2,1-6H3/t18-,19-,20-,22+,23-,24-/m0/s1. The van der Waals surface area contributed by atoms with Crippen molar-refractivity contribution in [2.24, 2.45) is 28.1 Å².